The second-order valence-corrected chi connectivity index (χ2v) is 3.07. The van der Waals surface area contributed by atoms with E-state index in [9.17, 15) is 9.59 Å². The third kappa shape index (κ3) is 1.59. The van der Waals surface area contributed by atoms with Crippen molar-refractivity contribution in [3.05, 3.63) is 0 Å². The number of esters is 1. The van der Waals surface area contributed by atoms with E-state index in [1.54, 1.807) is 13.8 Å². The van der Waals surface area contributed by atoms with Crippen LogP contribution in [-0.2, 0) is 14.3 Å². The van der Waals surface area contributed by atoms with Gasteiger partial charge in [0.05, 0.1) is 6.61 Å². The Kier molecular flexibility index (Phi) is 2.27. The van der Waals surface area contributed by atoms with Crippen LogP contribution in [0.15, 0.2) is 0 Å². The minimum Gasteiger partial charge on any atom is -0.465 e. The third-order valence-corrected chi connectivity index (χ3v) is 1.85. The molecule has 1 rings (SSSR count). The first-order chi connectivity index (χ1) is 5.13. The van der Waals surface area contributed by atoms with Crippen LogP contribution in [-0.4, -0.2) is 18.4 Å². The zero-order chi connectivity index (χ0) is 8.43. The smallest absolute Gasteiger partial charge is 0.316 e. The maximum atomic E-state index is 11.3. The SMILES string of the molecule is CC(C)C(=O)C1CCOC1=O. The molecule has 1 aliphatic heterocycles. The first kappa shape index (κ1) is 8.24. The molecular weight excluding hydrogens is 144 g/mol. The Morgan fingerprint density at radius 3 is 2.64 bits per heavy atom. The number of carbonyl (C=O) groups is 2. The topological polar surface area (TPSA) is 43.4 Å². The van der Waals surface area contributed by atoms with Crippen molar-refractivity contribution in [2.24, 2.45) is 11.8 Å². The van der Waals surface area contributed by atoms with Crippen LogP contribution in [0.25, 0.3) is 0 Å². The van der Waals surface area contributed by atoms with E-state index in [-0.39, 0.29) is 17.7 Å². The number of hydrogen-bond acceptors (Lipinski definition) is 3. The Bertz CT molecular complexity index is 184. The Morgan fingerprint density at radius 1 is 1.64 bits per heavy atom. The molecule has 3 heteroatoms. The van der Waals surface area contributed by atoms with Gasteiger partial charge in [0, 0.05) is 12.3 Å². The van der Waals surface area contributed by atoms with E-state index in [0.29, 0.717) is 13.0 Å². The van der Waals surface area contributed by atoms with Crippen molar-refractivity contribution in [3.63, 3.8) is 0 Å². The summed E-state index contributed by atoms with van der Waals surface area (Å²) in [6.45, 7) is 4.00. The first-order valence-electron chi connectivity index (χ1n) is 3.83. The highest BCUT2D eigenvalue weighted by Gasteiger charge is 2.33. The van der Waals surface area contributed by atoms with Gasteiger partial charge in [0.25, 0.3) is 0 Å². The highest BCUT2D eigenvalue weighted by Crippen LogP contribution is 2.18. The molecule has 1 saturated heterocycles. The number of ether oxygens (including phenoxy) is 1. The molecule has 0 saturated carbocycles. The summed E-state index contributed by atoms with van der Waals surface area (Å²) in [6.07, 6.45) is 0.565. The van der Waals surface area contributed by atoms with Gasteiger partial charge < -0.3 is 4.74 Å². The summed E-state index contributed by atoms with van der Waals surface area (Å²) in [5.74, 6) is -0.878. The molecule has 0 aromatic rings. The number of carbonyl (C=O) groups excluding carboxylic acids is 2. The minimum atomic E-state index is -0.477. The number of cyclic esters (lactones) is 1. The molecule has 0 bridgehead atoms. The molecule has 1 atom stereocenters. The van der Waals surface area contributed by atoms with Gasteiger partial charge in [0.15, 0.2) is 0 Å². The second-order valence-electron chi connectivity index (χ2n) is 3.07. The zero-order valence-corrected chi connectivity index (χ0v) is 6.79. The Balaban J connectivity index is 2.60. The Labute approximate surface area is 65.7 Å². The van der Waals surface area contributed by atoms with Crippen LogP contribution in [0.1, 0.15) is 20.3 Å². The molecule has 1 heterocycles. The fourth-order valence-corrected chi connectivity index (χ4v) is 1.16. The standard InChI is InChI=1S/C8H12O3/c1-5(2)7(9)6-3-4-11-8(6)10/h5-6H,3-4H2,1-2H3. The van der Waals surface area contributed by atoms with Crippen LogP contribution in [0.4, 0.5) is 0 Å². The molecular formula is C8H12O3. The lowest BCUT2D eigenvalue weighted by molar-refractivity contribution is -0.145. The Morgan fingerprint density at radius 2 is 2.27 bits per heavy atom. The van der Waals surface area contributed by atoms with Crippen LogP contribution in [0.5, 0.6) is 0 Å². The summed E-state index contributed by atoms with van der Waals surface area (Å²) in [6, 6.07) is 0. The molecule has 11 heavy (non-hydrogen) atoms. The first-order valence-corrected chi connectivity index (χ1v) is 3.83. The van der Waals surface area contributed by atoms with Gasteiger partial charge >= 0.3 is 5.97 Å². The average molecular weight is 156 g/mol. The Hall–Kier alpha value is -0.860. The predicted octanol–water partition coefficient (Wildman–Crippen LogP) is 0.775. The highest BCUT2D eigenvalue weighted by atomic mass is 16.5. The highest BCUT2D eigenvalue weighted by molar-refractivity contribution is 6.00. The van der Waals surface area contributed by atoms with Crippen LogP contribution < -0.4 is 0 Å². The summed E-state index contributed by atoms with van der Waals surface area (Å²) in [4.78, 5) is 22.1. The molecule has 1 unspecified atom stereocenters. The maximum Gasteiger partial charge on any atom is 0.316 e. The molecule has 0 aromatic carbocycles. The fourth-order valence-electron chi connectivity index (χ4n) is 1.16. The average Bonchev–Trinajstić information content (AvgIpc) is 2.33. The molecule has 1 aliphatic rings. The minimum absolute atomic E-state index is 0.00694. The lowest BCUT2D eigenvalue weighted by atomic mass is 9.94. The normalized spacial score (nSPS) is 23.9. The van der Waals surface area contributed by atoms with Crippen molar-refractivity contribution in [3.8, 4) is 0 Å². The largest absolute Gasteiger partial charge is 0.465 e. The fraction of sp³-hybridized carbons (Fsp3) is 0.750. The molecule has 62 valence electrons. The van der Waals surface area contributed by atoms with E-state index < -0.39 is 5.92 Å². The summed E-state index contributed by atoms with van der Waals surface area (Å²) < 4.78 is 4.68. The van der Waals surface area contributed by atoms with Gasteiger partial charge in [-0.15, -0.1) is 0 Å². The van der Waals surface area contributed by atoms with Gasteiger partial charge in [-0.3, -0.25) is 9.59 Å². The van der Waals surface area contributed by atoms with Crippen molar-refractivity contribution in [1.82, 2.24) is 0 Å². The van der Waals surface area contributed by atoms with Crippen molar-refractivity contribution in [2.45, 2.75) is 20.3 Å². The number of rotatable bonds is 2. The van der Waals surface area contributed by atoms with Crippen molar-refractivity contribution < 1.29 is 14.3 Å². The number of ketones is 1. The molecule has 0 N–H and O–H groups in total. The molecule has 0 radical (unpaired) electrons. The van der Waals surface area contributed by atoms with Crippen LogP contribution in [0.3, 0.4) is 0 Å². The molecule has 0 amide bonds. The van der Waals surface area contributed by atoms with E-state index in [1.807, 2.05) is 0 Å². The van der Waals surface area contributed by atoms with Crippen LogP contribution in [0.2, 0.25) is 0 Å². The van der Waals surface area contributed by atoms with Gasteiger partial charge in [0.2, 0.25) is 0 Å². The predicted molar refractivity (Wildman–Crippen MR) is 38.9 cm³/mol. The van der Waals surface area contributed by atoms with Crippen molar-refractivity contribution in [1.29, 1.82) is 0 Å². The quantitative estimate of drug-likeness (QED) is 0.438. The van der Waals surface area contributed by atoms with E-state index >= 15 is 0 Å². The summed E-state index contributed by atoms with van der Waals surface area (Å²) in [5, 5.41) is 0. The van der Waals surface area contributed by atoms with Crippen molar-refractivity contribution >= 4 is 11.8 Å². The number of Topliss-reactive ketones (excluding diaryl/α,β-unsaturated/α-hetero) is 1. The molecule has 0 spiro atoms. The lowest BCUT2D eigenvalue weighted by Crippen LogP contribution is -2.23. The monoisotopic (exact) mass is 156 g/mol. The van der Waals surface area contributed by atoms with E-state index in [4.69, 9.17) is 0 Å². The van der Waals surface area contributed by atoms with Gasteiger partial charge in [0.1, 0.15) is 11.7 Å². The van der Waals surface area contributed by atoms with Crippen LogP contribution >= 0.6 is 0 Å². The van der Waals surface area contributed by atoms with Gasteiger partial charge in [-0.1, -0.05) is 13.8 Å². The maximum absolute atomic E-state index is 11.3. The summed E-state index contributed by atoms with van der Waals surface area (Å²) >= 11 is 0. The van der Waals surface area contributed by atoms with E-state index in [1.165, 1.54) is 0 Å². The van der Waals surface area contributed by atoms with Gasteiger partial charge in [-0.05, 0) is 0 Å². The van der Waals surface area contributed by atoms with Crippen LogP contribution in [0, 0.1) is 11.8 Å². The molecule has 1 fully saturated rings. The second kappa shape index (κ2) is 3.03. The molecule has 0 aromatic heterocycles. The summed E-state index contributed by atoms with van der Waals surface area (Å²) in [5.41, 5.74) is 0. The van der Waals surface area contributed by atoms with Gasteiger partial charge in [-0.2, -0.15) is 0 Å². The molecule has 0 aliphatic carbocycles. The number of hydrogen-bond donors (Lipinski definition) is 0. The third-order valence-electron chi connectivity index (χ3n) is 1.85. The molecule has 3 nitrogen and oxygen atoms in total. The lowest BCUT2D eigenvalue weighted by Gasteiger charge is -2.06. The van der Waals surface area contributed by atoms with E-state index in [0.717, 1.165) is 0 Å². The summed E-state index contributed by atoms with van der Waals surface area (Å²) in [7, 11) is 0. The zero-order valence-electron chi connectivity index (χ0n) is 6.79. The van der Waals surface area contributed by atoms with E-state index in [2.05, 4.69) is 4.74 Å². The van der Waals surface area contributed by atoms with Gasteiger partial charge in [-0.25, -0.2) is 0 Å². The van der Waals surface area contributed by atoms with Crippen molar-refractivity contribution in [2.75, 3.05) is 6.61 Å².